The molecule has 2 aromatic rings. The predicted molar refractivity (Wildman–Crippen MR) is 115 cm³/mol. The van der Waals surface area contributed by atoms with Crippen molar-refractivity contribution in [1.82, 2.24) is 4.90 Å². The fourth-order valence-electron chi connectivity index (χ4n) is 3.67. The van der Waals surface area contributed by atoms with Crippen LogP contribution >= 0.6 is 0 Å². The first kappa shape index (κ1) is 22.4. The molecule has 1 fully saturated rings. The molecular formula is C24H28N2O5. The Morgan fingerprint density at radius 2 is 1.68 bits per heavy atom. The number of amides is 1. The number of methoxy groups -OCH3 is 2. The number of ketones is 1. The number of ether oxygens (including phenoxy) is 2. The summed E-state index contributed by atoms with van der Waals surface area (Å²) in [6.45, 7) is 2.98. The van der Waals surface area contributed by atoms with Crippen LogP contribution in [0.15, 0.2) is 48.0 Å². The molecule has 1 atom stereocenters. The molecule has 0 aliphatic carbocycles. The highest BCUT2D eigenvalue weighted by Gasteiger charge is 2.44. The smallest absolute Gasteiger partial charge is 0.295 e. The van der Waals surface area contributed by atoms with Crippen molar-refractivity contribution in [3.8, 4) is 11.5 Å². The van der Waals surface area contributed by atoms with Crippen LogP contribution in [-0.2, 0) is 9.59 Å². The van der Waals surface area contributed by atoms with Crippen molar-refractivity contribution in [2.75, 3.05) is 41.4 Å². The lowest BCUT2D eigenvalue weighted by molar-refractivity contribution is -0.857. The normalized spacial score (nSPS) is 18.0. The molecule has 2 aromatic carbocycles. The van der Waals surface area contributed by atoms with Gasteiger partial charge in [0.1, 0.15) is 0 Å². The van der Waals surface area contributed by atoms with Crippen LogP contribution in [0.1, 0.15) is 22.7 Å². The second-order valence-corrected chi connectivity index (χ2v) is 7.91. The molecule has 31 heavy (non-hydrogen) atoms. The van der Waals surface area contributed by atoms with Gasteiger partial charge in [0.05, 0.1) is 47.4 Å². The molecule has 1 aliphatic heterocycles. The number of benzene rings is 2. The van der Waals surface area contributed by atoms with E-state index in [1.165, 1.54) is 25.2 Å². The minimum absolute atomic E-state index is 0.0326. The maximum absolute atomic E-state index is 13.5. The third-order valence-electron chi connectivity index (χ3n) is 5.42. The average molecular weight is 424 g/mol. The summed E-state index contributed by atoms with van der Waals surface area (Å²) in [6.07, 6.45) is 0. The molecule has 1 amide bonds. The van der Waals surface area contributed by atoms with Crippen LogP contribution in [0, 0.1) is 6.92 Å². The van der Waals surface area contributed by atoms with Gasteiger partial charge in [0.25, 0.3) is 5.91 Å². The van der Waals surface area contributed by atoms with E-state index in [1.54, 1.807) is 12.1 Å². The number of likely N-dealkylation sites (N-methyl/N-ethyl adjacent to an activating group) is 1. The number of Topliss-reactive ketones (excluding diaryl/α,β-unsaturated/α-hetero) is 1. The monoisotopic (exact) mass is 424 g/mol. The number of carbonyl (C=O) groups is 2. The first-order valence-electron chi connectivity index (χ1n) is 10.1. The van der Waals surface area contributed by atoms with E-state index in [9.17, 15) is 14.7 Å². The predicted octanol–water partition coefficient (Wildman–Crippen LogP) is 0.381. The standard InChI is InChI=1S/C24H28N2O5/c1-15-6-8-16(9-7-15)21-20(23(28)24(29)26(21)13-12-25(2)3)22(27)17-10-11-18(30-4)19(14-17)31-5/h6-11,14,21,27H,12-13H2,1-5H3. The molecule has 1 unspecified atom stereocenters. The van der Waals surface area contributed by atoms with E-state index in [-0.39, 0.29) is 11.1 Å². The molecule has 0 saturated carbocycles. The highest BCUT2D eigenvalue weighted by molar-refractivity contribution is 6.46. The number of hydrogen-bond donors (Lipinski definition) is 1. The number of likely N-dealkylation sites (tertiary alicyclic amines) is 1. The van der Waals surface area contributed by atoms with E-state index in [4.69, 9.17) is 9.47 Å². The van der Waals surface area contributed by atoms with Gasteiger partial charge in [0.15, 0.2) is 11.5 Å². The van der Waals surface area contributed by atoms with Gasteiger partial charge in [-0.1, -0.05) is 41.7 Å². The first-order valence-corrected chi connectivity index (χ1v) is 10.1. The molecule has 1 heterocycles. The van der Waals surface area contributed by atoms with Gasteiger partial charge >= 0.3 is 0 Å². The van der Waals surface area contributed by atoms with Crippen molar-refractivity contribution in [2.24, 2.45) is 0 Å². The van der Waals surface area contributed by atoms with Gasteiger partial charge in [0, 0.05) is 5.57 Å². The van der Waals surface area contributed by atoms with Crippen LogP contribution in [-0.4, -0.2) is 58.0 Å². The maximum atomic E-state index is 13.5. The van der Waals surface area contributed by atoms with E-state index in [0.29, 0.717) is 24.6 Å². The molecule has 0 aromatic heterocycles. The topological polar surface area (TPSA) is 83.3 Å². The Morgan fingerprint density at radius 3 is 2.26 bits per heavy atom. The number of rotatable bonds is 7. The van der Waals surface area contributed by atoms with E-state index in [1.807, 2.05) is 45.3 Å². The third kappa shape index (κ3) is 4.41. The van der Waals surface area contributed by atoms with E-state index >= 15 is 0 Å². The van der Waals surface area contributed by atoms with Gasteiger partial charge in [-0.05, 0) is 30.2 Å². The number of nitrogens with zero attached hydrogens (tertiary/aromatic N) is 1. The zero-order valence-electron chi connectivity index (χ0n) is 18.5. The Hall–Kier alpha value is -3.32. The Kier molecular flexibility index (Phi) is 6.65. The fourth-order valence-corrected chi connectivity index (χ4v) is 3.67. The molecule has 1 saturated heterocycles. The lowest BCUT2D eigenvalue weighted by Gasteiger charge is -2.28. The van der Waals surface area contributed by atoms with Crippen molar-refractivity contribution in [1.29, 1.82) is 0 Å². The SMILES string of the molecule is COc1ccc(C([O-])=C2C(=O)C(=O)N(CC[NH+](C)C)C2c2ccc(C)cc2)cc1OC. The minimum Gasteiger partial charge on any atom is -0.872 e. The van der Waals surface area contributed by atoms with Gasteiger partial charge in [-0.25, -0.2) is 0 Å². The second-order valence-electron chi connectivity index (χ2n) is 7.91. The van der Waals surface area contributed by atoms with Crippen molar-refractivity contribution < 1.29 is 29.1 Å². The summed E-state index contributed by atoms with van der Waals surface area (Å²) < 4.78 is 10.5. The summed E-state index contributed by atoms with van der Waals surface area (Å²) in [5.41, 5.74) is 2.03. The Labute approximate surface area is 182 Å². The Balaban J connectivity index is 2.15. The molecular weight excluding hydrogens is 396 g/mol. The van der Waals surface area contributed by atoms with Crippen molar-refractivity contribution >= 4 is 17.4 Å². The lowest BCUT2D eigenvalue weighted by atomic mass is 9.94. The molecule has 0 radical (unpaired) electrons. The number of hydrogen-bond acceptors (Lipinski definition) is 5. The average Bonchev–Trinajstić information content (AvgIpc) is 3.01. The lowest BCUT2D eigenvalue weighted by Crippen LogP contribution is -3.06. The molecule has 1 aliphatic rings. The van der Waals surface area contributed by atoms with Crippen molar-refractivity contribution in [3.63, 3.8) is 0 Å². The van der Waals surface area contributed by atoms with Crippen molar-refractivity contribution in [2.45, 2.75) is 13.0 Å². The second kappa shape index (κ2) is 9.22. The van der Waals surface area contributed by atoms with Gasteiger partial charge in [-0.2, -0.15) is 0 Å². The molecule has 0 spiro atoms. The van der Waals surface area contributed by atoms with Gasteiger partial charge in [-0.15, -0.1) is 0 Å². The summed E-state index contributed by atoms with van der Waals surface area (Å²) in [5.74, 6) is -1.02. The maximum Gasteiger partial charge on any atom is 0.295 e. The minimum atomic E-state index is -0.751. The summed E-state index contributed by atoms with van der Waals surface area (Å²) in [5, 5.41) is 13.5. The molecule has 164 valence electrons. The molecule has 1 N–H and O–H groups in total. The van der Waals surface area contributed by atoms with E-state index in [0.717, 1.165) is 16.0 Å². The zero-order valence-corrected chi connectivity index (χ0v) is 18.5. The van der Waals surface area contributed by atoms with Crippen LogP contribution < -0.4 is 19.5 Å². The van der Waals surface area contributed by atoms with Gasteiger partial charge in [-0.3, -0.25) is 9.59 Å². The largest absolute Gasteiger partial charge is 0.872 e. The first-order chi connectivity index (χ1) is 14.8. The summed E-state index contributed by atoms with van der Waals surface area (Å²) in [6, 6.07) is 11.6. The molecule has 7 nitrogen and oxygen atoms in total. The number of aryl methyl sites for hydroxylation is 1. The number of quaternary nitrogens is 1. The van der Waals surface area contributed by atoms with Gasteiger partial charge < -0.3 is 24.4 Å². The molecule has 7 heteroatoms. The summed E-state index contributed by atoms with van der Waals surface area (Å²) >= 11 is 0. The third-order valence-corrected chi connectivity index (χ3v) is 5.42. The number of nitrogens with one attached hydrogen (secondary N) is 1. The van der Waals surface area contributed by atoms with Gasteiger partial charge in [0.2, 0.25) is 5.78 Å². The summed E-state index contributed by atoms with van der Waals surface area (Å²) in [7, 11) is 6.93. The highest BCUT2D eigenvalue weighted by atomic mass is 16.5. The van der Waals surface area contributed by atoms with Crippen LogP contribution in [0.25, 0.3) is 5.76 Å². The van der Waals surface area contributed by atoms with Crippen LogP contribution in [0.4, 0.5) is 0 Å². The van der Waals surface area contributed by atoms with E-state index in [2.05, 4.69) is 0 Å². The van der Waals surface area contributed by atoms with Crippen LogP contribution in [0.5, 0.6) is 11.5 Å². The van der Waals surface area contributed by atoms with Crippen LogP contribution in [0.2, 0.25) is 0 Å². The van der Waals surface area contributed by atoms with E-state index < -0.39 is 23.5 Å². The quantitative estimate of drug-likeness (QED) is 0.395. The van der Waals surface area contributed by atoms with Crippen LogP contribution in [0.3, 0.4) is 0 Å². The highest BCUT2D eigenvalue weighted by Crippen LogP contribution is 2.39. The number of carbonyl (C=O) groups excluding carboxylic acids is 2. The fraction of sp³-hybridized carbons (Fsp3) is 0.333. The Bertz CT molecular complexity index is 1010. The Morgan fingerprint density at radius 1 is 1.03 bits per heavy atom. The van der Waals surface area contributed by atoms with Crippen molar-refractivity contribution in [3.05, 3.63) is 64.7 Å². The molecule has 0 bridgehead atoms. The summed E-state index contributed by atoms with van der Waals surface area (Å²) in [4.78, 5) is 28.5. The zero-order chi connectivity index (χ0) is 22.7. The molecule has 3 rings (SSSR count).